The maximum Gasteiger partial charge on any atom is 0.418 e. The summed E-state index contributed by atoms with van der Waals surface area (Å²) in [6.45, 7) is 9.06. The predicted molar refractivity (Wildman–Crippen MR) is 140 cm³/mol. The number of rotatable bonds is 3. The molecule has 1 aliphatic heterocycles. The monoisotopic (exact) mass is 547 g/mol. The van der Waals surface area contributed by atoms with Crippen LogP contribution in [0.4, 0.5) is 23.8 Å². The molecule has 0 radical (unpaired) electrons. The molecule has 1 saturated carbocycles. The Balaban J connectivity index is 1.49. The molecule has 1 amide bonds. The lowest BCUT2D eigenvalue weighted by atomic mass is 9.96. The van der Waals surface area contributed by atoms with E-state index in [1.807, 2.05) is 25.7 Å². The molecule has 2 aromatic heterocycles. The average Bonchev–Trinajstić information content (AvgIpc) is 3.66. The van der Waals surface area contributed by atoms with Crippen LogP contribution in [0.2, 0.25) is 5.02 Å². The quantitative estimate of drug-likeness (QED) is 0.367. The van der Waals surface area contributed by atoms with E-state index < -0.39 is 17.3 Å². The molecule has 3 aromatic rings. The van der Waals surface area contributed by atoms with Gasteiger partial charge in [0.1, 0.15) is 17.7 Å². The van der Waals surface area contributed by atoms with Crippen LogP contribution in [0.15, 0.2) is 24.5 Å². The fourth-order valence-electron chi connectivity index (χ4n) is 4.83. The third-order valence-corrected chi connectivity index (χ3v) is 6.98. The number of carbonyl (C=O) groups is 1. The number of aryl methyl sites for hydroxylation is 1. The predicted octanol–water partition coefficient (Wildman–Crippen LogP) is 6.61. The number of ether oxygens (including phenoxy) is 1. The topological polar surface area (TPSA) is 71.5 Å². The van der Waals surface area contributed by atoms with Crippen molar-refractivity contribution >= 4 is 34.4 Å². The van der Waals surface area contributed by atoms with E-state index >= 15 is 0 Å². The summed E-state index contributed by atoms with van der Waals surface area (Å²) in [5.41, 5.74) is -0.0234. The first-order valence-corrected chi connectivity index (χ1v) is 13.0. The number of benzene rings is 1. The molecular formula is C27H29ClF3N5O2. The summed E-state index contributed by atoms with van der Waals surface area (Å²) in [5, 5.41) is 0.766. The minimum absolute atomic E-state index is 0.111. The number of alkyl halides is 3. The van der Waals surface area contributed by atoms with E-state index in [0.29, 0.717) is 48.6 Å². The highest BCUT2D eigenvalue weighted by atomic mass is 35.5. The van der Waals surface area contributed by atoms with Crippen LogP contribution in [0.1, 0.15) is 56.4 Å². The van der Waals surface area contributed by atoms with Gasteiger partial charge in [0.05, 0.1) is 21.8 Å². The summed E-state index contributed by atoms with van der Waals surface area (Å²) < 4.78 is 48.3. The highest BCUT2D eigenvalue weighted by Gasteiger charge is 2.42. The number of amides is 1. The van der Waals surface area contributed by atoms with Gasteiger partial charge >= 0.3 is 12.3 Å². The van der Waals surface area contributed by atoms with Crippen LogP contribution in [0.5, 0.6) is 0 Å². The normalized spacial score (nSPS) is 16.7. The Labute approximate surface area is 224 Å². The van der Waals surface area contributed by atoms with E-state index in [9.17, 15) is 18.0 Å². The van der Waals surface area contributed by atoms with E-state index in [2.05, 4.69) is 15.0 Å². The zero-order chi connectivity index (χ0) is 27.4. The molecule has 0 N–H and O–H groups in total. The van der Waals surface area contributed by atoms with Gasteiger partial charge in [-0.3, -0.25) is 4.98 Å². The maximum absolute atomic E-state index is 14.3. The van der Waals surface area contributed by atoms with Crippen molar-refractivity contribution in [2.45, 2.75) is 58.2 Å². The van der Waals surface area contributed by atoms with E-state index in [1.54, 1.807) is 24.0 Å². The lowest BCUT2D eigenvalue weighted by Crippen LogP contribution is -2.50. The van der Waals surface area contributed by atoms with Gasteiger partial charge in [-0.1, -0.05) is 11.6 Å². The van der Waals surface area contributed by atoms with Crippen LogP contribution >= 0.6 is 11.6 Å². The summed E-state index contributed by atoms with van der Waals surface area (Å²) in [7, 11) is 0. The van der Waals surface area contributed by atoms with Gasteiger partial charge in [-0.05, 0) is 70.2 Å². The van der Waals surface area contributed by atoms with Crippen LogP contribution in [-0.4, -0.2) is 57.7 Å². The molecule has 5 rings (SSSR count). The number of fused-ring (bicyclic) bond motifs is 1. The lowest BCUT2D eigenvalue weighted by Gasteiger charge is -2.36. The van der Waals surface area contributed by atoms with Crippen LogP contribution < -0.4 is 4.90 Å². The van der Waals surface area contributed by atoms with Gasteiger partial charge in [0.2, 0.25) is 0 Å². The highest BCUT2D eigenvalue weighted by molar-refractivity contribution is 6.34. The number of nitrogens with zero attached hydrogens (tertiary/aromatic N) is 5. The van der Waals surface area contributed by atoms with Crippen LogP contribution in [0, 0.1) is 6.92 Å². The second kappa shape index (κ2) is 9.55. The zero-order valence-electron chi connectivity index (χ0n) is 21.7. The van der Waals surface area contributed by atoms with Crippen molar-refractivity contribution in [1.29, 1.82) is 0 Å². The summed E-state index contributed by atoms with van der Waals surface area (Å²) in [6, 6.07) is 4.71. The Bertz CT molecular complexity index is 1390. The van der Waals surface area contributed by atoms with Gasteiger partial charge in [0.15, 0.2) is 0 Å². The smallest absolute Gasteiger partial charge is 0.418 e. The second-order valence-corrected chi connectivity index (χ2v) is 11.3. The first-order chi connectivity index (χ1) is 17.8. The molecule has 2 fully saturated rings. The molecule has 2 aliphatic rings. The van der Waals surface area contributed by atoms with Gasteiger partial charge in [0, 0.05) is 42.8 Å². The van der Waals surface area contributed by atoms with Crippen molar-refractivity contribution in [3.05, 3.63) is 46.4 Å². The largest absolute Gasteiger partial charge is 0.444 e. The number of aromatic nitrogens is 3. The number of pyridine rings is 1. The summed E-state index contributed by atoms with van der Waals surface area (Å²) in [4.78, 5) is 29.2. The molecule has 0 spiro atoms. The first kappa shape index (κ1) is 26.5. The van der Waals surface area contributed by atoms with Crippen molar-refractivity contribution in [3.8, 4) is 11.3 Å². The van der Waals surface area contributed by atoms with Gasteiger partial charge in [0.25, 0.3) is 0 Å². The zero-order valence-corrected chi connectivity index (χ0v) is 22.4. The number of hydrogen-bond acceptors (Lipinski definition) is 6. The number of carbonyl (C=O) groups excluding carboxylic acids is 1. The Kier molecular flexibility index (Phi) is 6.65. The molecular weight excluding hydrogens is 519 g/mol. The number of halogens is 4. The molecule has 202 valence electrons. The molecule has 0 atom stereocenters. The third-order valence-electron chi connectivity index (χ3n) is 6.67. The van der Waals surface area contributed by atoms with Gasteiger partial charge in [-0.15, -0.1) is 0 Å². The summed E-state index contributed by atoms with van der Waals surface area (Å²) in [6.07, 6.45) is -2.09. The summed E-state index contributed by atoms with van der Waals surface area (Å²) >= 11 is 6.65. The Hall–Kier alpha value is -3.14. The van der Waals surface area contributed by atoms with Crippen LogP contribution in [-0.2, 0) is 10.9 Å². The van der Waals surface area contributed by atoms with Crippen molar-refractivity contribution in [3.63, 3.8) is 0 Å². The van der Waals surface area contributed by atoms with Crippen molar-refractivity contribution < 1.29 is 22.7 Å². The standard InChI is InChI=1S/C27H29ClF3N5O2/c1-15-11-17(16-5-6-16)22(27(29,30)31)23(34-15)18-13-21-19(12-20(18)28)24(33-14-32-21)35-7-9-36(10-8-35)25(37)38-26(2,3)4/h11-14,16H,5-10H2,1-4H3. The minimum Gasteiger partial charge on any atom is -0.444 e. The molecule has 3 heterocycles. The number of piperazine rings is 1. The number of anilines is 1. The molecule has 7 nitrogen and oxygen atoms in total. The molecule has 0 bridgehead atoms. The fraction of sp³-hybridized carbons (Fsp3) is 0.481. The van der Waals surface area contributed by atoms with Crippen molar-refractivity contribution in [2.24, 2.45) is 0 Å². The third kappa shape index (κ3) is 5.36. The van der Waals surface area contributed by atoms with E-state index in [-0.39, 0.29) is 33.9 Å². The summed E-state index contributed by atoms with van der Waals surface area (Å²) in [5.74, 6) is 0.499. The lowest BCUT2D eigenvalue weighted by molar-refractivity contribution is -0.137. The van der Waals surface area contributed by atoms with Gasteiger partial charge < -0.3 is 14.5 Å². The Morgan fingerprint density at radius 1 is 1.05 bits per heavy atom. The second-order valence-electron chi connectivity index (χ2n) is 10.8. The van der Waals surface area contributed by atoms with Crippen molar-refractivity contribution in [2.75, 3.05) is 31.1 Å². The average molecular weight is 548 g/mol. The van der Waals surface area contributed by atoms with E-state index in [0.717, 1.165) is 12.8 Å². The maximum atomic E-state index is 14.3. The SMILES string of the molecule is Cc1cc(C2CC2)c(C(F)(F)F)c(-c2cc3ncnc(N4CCN(C(=O)OC(C)(C)C)CC4)c3cc2Cl)n1. The molecule has 11 heteroatoms. The molecule has 38 heavy (non-hydrogen) atoms. The minimum atomic E-state index is -4.57. The van der Waals surface area contributed by atoms with Gasteiger partial charge in [-0.2, -0.15) is 13.2 Å². The highest BCUT2D eigenvalue weighted by Crippen LogP contribution is 2.49. The van der Waals surface area contributed by atoms with E-state index in [4.69, 9.17) is 16.3 Å². The Morgan fingerprint density at radius 2 is 1.74 bits per heavy atom. The Morgan fingerprint density at radius 3 is 2.34 bits per heavy atom. The molecule has 1 aliphatic carbocycles. The van der Waals surface area contributed by atoms with Gasteiger partial charge in [-0.25, -0.2) is 14.8 Å². The fourth-order valence-corrected chi connectivity index (χ4v) is 5.08. The molecule has 0 unspecified atom stereocenters. The molecule has 1 aromatic carbocycles. The van der Waals surface area contributed by atoms with E-state index in [1.165, 1.54) is 12.4 Å². The first-order valence-electron chi connectivity index (χ1n) is 12.6. The van der Waals surface area contributed by atoms with Crippen LogP contribution in [0.3, 0.4) is 0 Å². The van der Waals surface area contributed by atoms with Crippen LogP contribution in [0.25, 0.3) is 22.2 Å². The van der Waals surface area contributed by atoms with Crippen molar-refractivity contribution in [1.82, 2.24) is 19.9 Å². The number of hydrogen-bond donors (Lipinski definition) is 0. The molecule has 1 saturated heterocycles.